The molecule has 0 saturated heterocycles. The lowest BCUT2D eigenvalue weighted by atomic mass is 9.53. The van der Waals surface area contributed by atoms with Crippen molar-refractivity contribution in [3.8, 4) is 6.07 Å². The lowest BCUT2D eigenvalue weighted by Crippen LogP contribution is -2.59. The molecule has 1 N–H and O–H groups in total. The van der Waals surface area contributed by atoms with Gasteiger partial charge >= 0.3 is 0 Å². The predicted octanol–water partition coefficient (Wildman–Crippen LogP) is 2.62. The molecule has 18 heavy (non-hydrogen) atoms. The molecule has 0 heterocycles. The highest BCUT2D eigenvalue weighted by atomic mass is 16.1. The number of carbonyl (C=O) groups is 1. The summed E-state index contributed by atoms with van der Waals surface area (Å²) in [5, 5.41) is 12.1. The number of nitrogens with one attached hydrogen (secondary N) is 1. The van der Waals surface area contributed by atoms with Crippen molar-refractivity contribution in [3.05, 3.63) is 0 Å². The third-order valence-corrected chi connectivity index (χ3v) is 5.15. The highest BCUT2D eigenvalue weighted by Crippen LogP contribution is 2.55. The summed E-state index contributed by atoms with van der Waals surface area (Å²) in [6, 6.07) is 2.14. The molecule has 4 bridgehead atoms. The van der Waals surface area contributed by atoms with E-state index in [4.69, 9.17) is 5.26 Å². The number of amides is 1. The van der Waals surface area contributed by atoms with Crippen molar-refractivity contribution in [2.24, 2.45) is 23.7 Å². The van der Waals surface area contributed by atoms with E-state index in [9.17, 15) is 4.79 Å². The van der Waals surface area contributed by atoms with Crippen LogP contribution < -0.4 is 5.32 Å². The molecule has 1 amide bonds. The van der Waals surface area contributed by atoms with Gasteiger partial charge < -0.3 is 5.32 Å². The summed E-state index contributed by atoms with van der Waals surface area (Å²) in [4.78, 5) is 12.0. The van der Waals surface area contributed by atoms with Gasteiger partial charge in [-0.25, -0.2) is 0 Å². The Morgan fingerprint density at radius 3 is 2.22 bits per heavy atom. The highest BCUT2D eigenvalue weighted by Gasteiger charge is 2.51. The molecule has 4 aliphatic carbocycles. The van der Waals surface area contributed by atoms with Crippen molar-refractivity contribution in [1.29, 1.82) is 5.26 Å². The van der Waals surface area contributed by atoms with E-state index >= 15 is 0 Å². The minimum atomic E-state index is -0.168. The Hall–Kier alpha value is -1.04. The standard InChI is InChI=1S/C15H22N2O/c1-10(9-16)2-14(18)17-15-6-11-3-12(7-15)5-13(4-11)8-15/h10-13H,2-8H2,1H3,(H,17,18). The number of nitriles is 1. The maximum absolute atomic E-state index is 12.0. The topological polar surface area (TPSA) is 52.9 Å². The number of hydrogen-bond donors (Lipinski definition) is 1. The van der Waals surface area contributed by atoms with Gasteiger partial charge in [-0.3, -0.25) is 4.79 Å². The Morgan fingerprint density at radius 1 is 1.28 bits per heavy atom. The average molecular weight is 246 g/mol. The molecule has 4 rings (SSSR count). The maximum Gasteiger partial charge on any atom is 0.221 e. The number of carbonyl (C=O) groups excluding carboxylic acids is 1. The zero-order valence-corrected chi connectivity index (χ0v) is 11.1. The van der Waals surface area contributed by atoms with Crippen LogP contribution in [-0.2, 0) is 4.79 Å². The van der Waals surface area contributed by atoms with E-state index in [-0.39, 0.29) is 17.4 Å². The number of rotatable bonds is 3. The SMILES string of the molecule is CC(C#N)CC(=O)NC12CC3CC(CC(C3)C1)C2. The normalized spacial score (nSPS) is 42.3. The molecule has 4 fully saturated rings. The van der Waals surface area contributed by atoms with E-state index in [1.54, 1.807) is 0 Å². The fourth-order valence-corrected chi connectivity index (χ4v) is 4.93. The van der Waals surface area contributed by atoms with Crippen LogP contribution in [0.3, 0.4) is 0 Å². The van der Waals surface area contributed by atoms with Crippen LogP contribution in [0.2, 0.25) is 0 Å². The molecule has 0 aromatic rings. The first-order valence-corrected chi connectivity index (χ1v) is 7.29. The molecular weight excluding hydrogens is 224 g/mol. The van der Waals surface area contributed by atoms with Gasteiger partial charge in [0, 0.05) is 12.0 Å². The monoisotopic (exact) mass is 246 g/mol. The fraction of sp³-hybridized carbons (Fsp3) is 0.867. The molecule has 3 heteroatoms. The van der Waals surface area contributed by atoms with Crippen LogP contribution >= 0.6 is 0 Å². The van der Waals surface area contributed by atoms with Gasteiger partial charge in [-0.05, 0) is 63.2 Å². The first kappa shape index (κ1) is 12.0. The Morgan fingerprint density at radius 2 is 1.78 bits per heavy atom. The van der Waals surface area contributed by atoms with E-state index in [1.165, 1.54) is 38.5 Å². The van der Waals surface area contributed by atoms with E-state index in [0.29, 0.717) is 6.42 Å². The summed E-state index contributed by atoms with van der Waals surface area (Å²) in [7, 11) is 0. The number of hydrogen-bond acceptors (Lipinski definition) is 2. The summed E-state index contributed by atoms with van der Waals surface area (Å²) >= 11 is 0. The molecule has 1 atom stereocenters. The Labute approximate surface area is 109 Å². The molecule has 4 saturated carbocycles. The van der Waals surface area contributed by atoms with Gasteiger partial charge in [0.1, 0.15) is 0 Å². The smallest absolute Gasteiger partial charge is 0.221 e. The third kappa shape index (κ3) is 2.13. The fourth-order valence-electron chi connectivity index (χ4n) is 4.93. The minimum absolute atomic E-state index is 0.0889. The number of nitrogens with zero attached hydrogens (tertiary/aromatic N) is 1. The second kappa shape index (κ2) is 4.26. The molecule has 0 radical (unpaired) electrons. The lowest BCUT2D eigenvalue weighted by molar-refractivity contribution is -0.127. The van der Waals surface area contributed by atoms with Crippen molar-refractivity contribution >= 4 is 5.91 Å². The van der Waals surface area contributed by atoms with Gasteiger partial charge in [0.05, 0.1) is 12.0 Å². The van der Waals surface area contributed by atoms with Crippen molar-refractivity contribution in [2.75, 3.05) is 0 Å². The van der Waals surface area contributed by atoms with Crippen molar-refractivity contribution in [1.82, 2.24) is 5.32 Å². The predicted molar refractivity (Wildman–Crippen MR) is 68.4 cm³/mol. The molecule has 98 valence electrons. The molecule has 3 nitrogen and oxygen atoms in total. The van der Waals surface area contributed by atoms with Gasteiger partial charge in [-0.15, -0.1) is 0 Å². The van der Waals surface area contributed by atoms with E-state index in [2.05, 4.69) is 11.4 Å². The van der Waals surface area contributed by atoms with Crippen LogP contribution in [0.4, 0.5) is 0 Å². The first-order chi connectivity index (χ1) is 8.58. The van der Waals surface area contributed by atoms with Gasteiger partial charge in [-0.2, -0.15) is 5.26 Å². The molecule has 0 spiro atoms. The second-order valence-electron chi connectivity index (χ2n) is 6.98. The van der Waals surface area contributed by atoms with Gasteiger partial charge in [0.15, 0.2) is 0 Å². The van der Waals surface area contributed by atoms with Gasteiger partial charge in [0.2, 0.25) is 5.91 Å². The van der Waals surface area contributed by atoms with Crippen LogP contribution in [0.1, 0.15) is 51.9 Å². The molecule has 0 aromatic carbocycles. The highest BCUT2D eigenvalue weighted by molar-refractivity contribution is 5.77. The molecule has 0 aromatic heterocycles. The minimum Gasteiger partial charge on any atom is -0.351 e. The van der Waals surface area contributed by atoms with Gasteiger partial charge in [-0.1, -0.05) is 0 Å². The van der Waals surface area contributed by atoms with Crippen LogP contribution in [0, 0.1) is 35.0 Å². The van der Waals surface area contributed by atoms with E-state index in [0.717, 1.165) is 17.8 Å². The van der Waals surface area contributed by atoms with Crippen molar-refractivity contribution in [3.63, 3.8) is 0 Å². The molecular formula is C15H22N2O. The summed E-state index contributed by atoms with van der Waals surface area (Å²) in [5.41, 5.74) is 0.0982. The van der Waals surface area contributed by atoms with Crippen molar-refractivity contribution in [2.45, 2.75) is 57.4 Å². The zero-order valence-electron chi connectivity index (χ0n) is 11.1. The molecule has 0 aliphatic heterocycles. The largest absolute Gasteiger partial charge is 0.351 e. The zero-order chi connectivity index (χ0) is 12.8. The Kier molecular flexibility index (Phi) is 2.84. The average Bonchev–Trinajstić information content (AvgIpc) is 2.25. The third-order valence-electron chi connectivity index (χ3n) is 5.15. The van der Waals surface area contributed by atoms with Crippen LogP contribution in [0.15, 0.2) is 0 Å². The summed E-state index contributed by atoms with van der Waals surface area (Å²) in [6.45, 7) is 1.82. The Bertz CT molecular complexity index is 361. The summed E-state index contributed by atoms with van der Waals surface area (Å²) < 4.78 is 0. The lowest BCUT2D eigenvalue weighted by Gasteiger charge is -2.57. The summed E-state index contributed by atoms with van der Waals surface area (Å²) in [5.74, 6) is 2.48. The van der Waals surface area contributed by atoms with Crippen LogP contribution in [-0.4, -0.2) is 11.4 Å². The van der Waals surface area contributed by atoms with Crippen LogP contribution in [0.25, 0.3) is 0 Å². The van der Waals surface area contributed by atoms with Crippen LogP contribution in [0.5, 0.6) is 0 Å². The molecule has 1 unspecified atom stereocenters. The van der Waals surface area contributed by atoms with E-state index < -0.39 is 0 Å². The maximum atomic E-state index is 12.0. The summed E-state index contributed by atoms with van der Waals surface area (Å²) in [6.07, 6.45) is 8.10. The molecule has 4 aliphatic rings. The van der Waals surface area contributed by atoms with E-state index in [1.807, 2.05) is 6.92 Å². The van der Waals surface area contributed by atoms with Crippen molar-refractivity contribution < 1.29 is 4.79 Å². The second-order valence-corrected chi connectivity index (χ2v) is 6.98. The quantitative estimate of drug-likeness (QED) is 0.832. The van der Waals surface area contributed by atoms with Gasteiger partial charge in [0.25, 0.3) is 0 Å². The Balaban J connectivity index is 1.65. The first-order valence-electron chi connectivity index (χ1n) is 7.29.